The van der Waals surface area contributed by atoms with Crippen molar-refractivity contribution in [3.8, 4) is 16.9 Å². The van der Waals surface area contributed by atoms with Crippen LogP contribution in [0.2, 0.25) is 0 Å². The number of thioether (sulfide) groups is 1. The number of amides is 1. The number of hydrogen-bond acceptors (Lipinski definition) is 7. The van der Waals surface area contributed by atoms with Gasteiger partial charge in [0.25, 0.3) is 0 Å². The first-order chi connectivity index (χ1) is 20.3. The van der Waals surface area contributed by atoms with E-state index < -0.39 is 21.4 Å². The van der Waals surface area contributed by atoms with E-state index in [9.17, 15) is 13.2 Å². The van der Waals surface area contributed by atoms with E-state index in [1.165, 1.54) is 16.1 Å². The highest BCUT2D eigenvalue weighted by atomic mass is 32.2. The largest absolute Gasteiger partial charge is 0.491 e. The third-order valence-electron chi connectivity index (χ3n) is 6.92. The Hall–Kier alpha value is -3.70. The molecule has 0 saturated carbocycles. The standard InChI is InChI=1S/C32H34N4O4S2.H2/c1-35(2)19-21-40-27-15-18-29(33-23-27)30(26-11-7-4-8-12-26)34-31(37)32-36(20-22-41-32)42(38,39)28-16-13-25(14-17-28)24-9-5-3-6-10-24;/h3-18,23,30,32H,19-22H2,1-2H3,(H,34,37);1H/t30-,32?;/m1./s1. The molecule has 4 aromatic rings. The summed E-state index contributed by atoms with van der Waals surface area (Å²) < 4.78 is 34.5. The van der Waals surface area contributed by atoms with Crippen molar-refractivity contribution in [3.63, 3.8) is 0 Å². The molecule has 42 heavy (non-hydrogen) atoms. The van der Waals surface area contributed by atoms with Gasteiger partial charge < -0.3 is 15.0 Å². The summed E-state index contributed by atoms with van der Waals surface area (Å²) in [6.45, 7) is 1.56. The SMILES string of the molecule is CN(C)CCOc1ccc([C@H](NC(=O)C2SCCN2S(=O)(=O)c2ccc(-c3ccccc3)cc2)c2ccccc2)nc1.[HH]. The Labute approximate surface area is 253 Å². The lowest BCUT2D eigenvalue weighted by Gasteiger charge is -2.26. The number of carbonyl (C=O) groups is 1. The quantitative estimate of drug-likeness (QED) is 0.260. The highest BCUT2D eigenvalue weighted by Gasteiger charge is 2.41. The molecule has 1 aliphatic heterocycles. The van der Waals surface area contributed by atoms with Crippen molar-refractivity contribution in [3.05, 3.63) is 115 Å². The zero-order valence-corrected chi connectivity index (χ0v) is 25.2. The average molecular weight is 605 g/mol. The normalized spacial score (nSPS) is 16.3. The molecule has 1 fully saturated rings. The third kappa shape index (κ3) is 7.01. The second kappa shape index (κ2) is 13.5. The van der Waals surface area contributed by atoms with Crippen LogP contribution in [0.5, 0.6) is 5.75 Å². The summed E-state index contributed by atoms with van der Waals surface area (Å²) in [5, 5.41) is 2.18. The molecule has 1 amide bonds. The van der Waals surface area contributed by atoms with Gasteiger partial charge in [0, 0.05) is 20.3 Å². The van der Waals surface area contributed by atoms with E-state index in [0.29, 0.717) is 23.8 Å². The summed E-state index contributed by atoms with van der Waals surface area (Å²) in [6, 6.07) is 29.2. The molecule has 3 aromatic carbocycles. The molecule has 1 unspecified atom stereocenters. The second-order valence-electron chi connectivity index (χ2n) is 10.2. The van der Waals surface area contributed by atoms with Crippen molar-refractivity contribution in [1.29, 1.82) is 0 Å². The molecule has 1 aromatic heterocycles. The maximum atomic E-state index is 13.7. The van der Waals surface area contributed by atoms with Gasteiger partial charge in [-0.05, 0) is 55.1 Å². The lowest BCUT2D eigenvalue weighted by molar-refractivity contribution is -0.122. The van der Waals surface area contributed by atoms with Crippen LogP contribution in [0.25, 0.3) is 11.1 Å². The van der Waals surface area contributed by atoms with Crippen molar-refractivity contribution >= 4 is 27.7 Å². The number of benzene rings is 3. The van der Waals surface area contributed by atoms with E-state index in [4.69, 9.17) is 4.74 Å². The molecule has 220 valence electrons. The van der Waals surface area contributed by atoms with Crippen LogP contribution in [0.3, 0.4) is 0 Å². The van der Waals surface area contributed by atoms with Gasteiger partial charge in [-0.1, -0.05) is 72.8 Å². The van der Waals surface area contributed by atoms with E-state index in [2.05, 4.69) is 10.3 Å². The predicted molar refractivity (Wildman–Crippen MR) is 169 cm³/mol. The Morgan fingerprint density at radius 2 is 1.67 bits per heavy atom. The van der Waals surface area contributed by atoms with Crippen molar-refractivity contribution in [1.82, 2.24) is 19.5 Å². The van der Waals surface area contributed by atoms with Crippen LogP contribution in [0.4, 0.5) is 0 Å². The third-order valence-corrected chi connectivity index (χ3v) is 10.1. The minimum absolute atomic E-state index is 0. The van der Waals surface area contributed by atoms with Crippen LogP contribution < -0.4 is 10.1 Å². The fraction of sp³-hybridized carbons (Fsp3) is 0.250. The Balaban J connectivity index is 0.00000423. The molecule has 1 saturated heterocycles. The van der Waals surface area contributed by atoms with Crippen LogP contribution in [-0.2, 0) is 14.8 Å². The van der Waals surface area contributed by atoms with Gasteiger partial charge >= 0.3 is 0 Å². The fourth-order valence-electron chi connectivity index (χ4n) is 4.67. The molecule has 1 aliphatic rings. The lowest BCUT2D eigenvalue weighted by atomic mass is 10.0. The van der Waals surface area contributed by atoms with E-state index in [0.717, 1.165) is 23.2 Å². The van der Waals surface area contributed by atoms with Crippen molar-refractivity contribution in [2.75, 3.05) is 39.5 Å². The number of carbonyl (C=O) groups excluding carboxylic acids is 1. The molecule has 10 heteroatoms. The van der Waals surface area contributed by atoms with Crippen LogP contribution >= 0.6 is 11.8 Å². The molecule has 0 radical (unpaired) electrons. The van der Waals surface area contributed by atoms with Gasteiger partial charge in [0.15, 0.2) is 0 Å². The van der Waals surface area contributed by atoms with Gasteiger partial charge in [-0.2, -0.15) is 4.31 Å². The molecule has 0 bridgehead atoms. The number of pyridine rings is 1. The summed E-state index contributed by atoms with van der Waals surface area (Å²) in [5.41, 5.74) is 3.40. The highest BCUT2D eigenvalue weighted by molar-refractivity contribution is 8.02. The van der Waals surface area contributed by atoms with Crippen molar-refractivity contribution < 1.29 is 19.4 Å². The van der Waals surface area contributed by atoms with Gasteiger partial charge in [0.05, 0.1) is 22.8 Å². The monoisotopic (exact) mass is 604 g/mol. The number of aromatic nitrogens is 1. The summed E-state index contributed by atoms with van der Waals surface area (Å²) >= 11 is 1.32. The van der Waals surface area contributed by atoms with Gasteiger partial charge in [0.1, 0.15) is 17.7 Å². The maximum absolute atomic E-state index is 13.7. The minimum Gasteiger partial charge on any atom is -0.491 e. The van der Waals surface area contributed by atoms with E-state index in [-0.39, 0.29) is 18.8 Å². The molecule has 0 spiro atoms. The number of ether oxygens (including phenoxy) is 1. The molecule has 0 aliphatic carbocycles. The molecule has 2 heterocycles. The number of rotatable bonds is 11. The summed E-state index contributed by atoms with van der Waals surface area (Å²) in [6.07, 6.45) is 1.65. The van der Waals surface area contributed by atoms with Gasteiger partial charge in [0.2, 0.25) is 15.9 Å². The molecular formula is C32H36N4O4S2. The summed E-state index contributed by atoms with van der Waals surface area (Å²) in [5.74, 6) is 0.775. The maximum Gasteiger partial charge on any atom is 0.249 e. The van der Waals surface area contributed by atoms with Gasteiger partial charge in [-0.25, -0.2) is 8.42 Å². The van der Waals surface area contributed by atoms with Crippen molar-refractivity contribution in [2.24, 2.45) is 0 Å². The lowest BCUT2D eigenvalue weighted by Crippen LogP contribution is -2.46. The van der Waals surface area contributed by atoms with Crippen LogP contribution in [0, 0.1) is 0 Å². The number of sulfonamides is 1. The second-order valence-corrected chi connectivity index (χ2v) is 13.2. The Kier molecular flexibility index (Phi) is 9.58. The first-order valence-electron chi connectivity index (χ1n) is 13.7. The molecule has 8 nitrogen and oxygen atoms in total. The van der Waals surface area contributed by atoms with Crippen LogP contribution in [0.1, 0.15) is 18.7 Å². The highest BCUT2D eigenvalue weighted by Crippen LogP contribution is 2.32. The van der Waals surface area contributed by atoms with Gasteiger partial charge in [-0.15, -0.1) is 11.8 Å². The van der Waals surface area contributed by atoms with Crippen LogP contribution in [0.15, 0.2) is 108 Å². The van der Waals surface area contributed by atoms with Gasteiger partial charge in [-0.3, -0.25) is 9.78 Å². The number of nitrogens with zero attached hydrogens (tertiary/aromatic N) is 3. The zero-order valence-electron chi connectivity index (χ0n) is 23.6. The first-order valence-corrected chi connectivity index (χ1v) is 16.2. The number of hydrogen-bond donors (Lipinski definition) is 1. The van der Waals surface area contributed by atoms with Crippen LogP contribution in [-0.4, -0.2) is 73.4 Å². The number of nitrogens with one attached hydrogen (secondary N) is 1. The molecular weight excluding hydrogens is 569 g/mol. The minimum atomic E-state index is -3.90. The average Bonchev–Trinajstić information content (AvgIpc) is 3.53. The Bertz CT molecular complexity index is 1570. The molecule has 1 N–H and O–H groups in total. The fourth-order valence-corrected chi connectivity index (χ4v) is 7.76. The Morgan fingerprint density at radius 1 is 1.00 bits per heavy atom. The van der Waals surface area contributed by atoms with Crippen molar-refractivity contribution in [2.45, 2.75) is 16.3 Å². The first kappa shape index (κ1) is 29.8. The Morgan fingerprint density at radius 3 is 2.31 bits per heavy atom. The van der Waals surface area contributed by atoms with E-state index in [1.54, 1.807) is 30.5 Å². The molecule has 2 atom stereocenters. The smallest absolute Gasteiger partial charge is 0.249 e. The van der Waals surface area contributed by atoms with E-state index >= 15 is 0 Å². The molecule has 5 rings (SSSR count). The van der Waals surface area contributed by atoms with E-state index in [1.807, 2.05) is 91.8 Å². The topological polar surface area (TPSA) is 91.8 Å². The summed E-state index contributed by atoms with van der Waals surface area (Å²) in [7, 11) is 0.0597. The number of likely N-dealkylation sites (N-methyl/N-ethyl adjacent to an activating group) is 1. The predicted octanol–water partition coefficient (Wildman–Crippen LogP) is 4.90. The summed E-state index contributed by atoms with van der Waals surface area (Å²) in [4.78, 5) is 20.5. The zero-order chi connectivity index (χ0) is 29.5.